The van der Waals surface area contributed by atoms with Crippen molar-refractivity contribution in [2.24, 2.45) is 5.92 Å². The molecular weight excluding hydrogens is 423 g/mol. The first-order valence-corrected chi connectivity index (χ1v) is 10.8. The molecule has 0 bridgehead atoms. The molecule has 7 heteroatoms. The number of fused-ring (bicyclic) bond motifs is 3. The SMILES string of the molecule is CN1C[C@H](c2ccc(F)cc2)[C@@H](C(=O)c2ccc3c(c2)OCO3)[C@]12C(=O)Nc1ccccc12. The Morgan fingerprint density at radius 1 is 1.06 bits per heavy atom. The third-order valence-corrected chi connectivity index (χ3v) is 7.09. The zero-order chi connectivity index (χ0) is 22.7. The number of benzene rings is 3. The van der Waals surface area contributed by atoms with Gasteiger partial charge in [0.25, 0.3) is 0 Å². The largest absolute Gasteiger partial charge is 0.454 e. The van der Waals surface area contributed by atoms with Crippen LogP contribution in [0.25, 0.3) is 0 Å². The van der Waals surface area contributed by atoms with Gasteiger partial charge in [0.05, 0.1) is 5.92 Å². The number of hydrogen-bond donors (Lipinski definition) is 1. The Morgan fingerprint density at radius 3 is 2.64 bits per heavy atom. The molecule has 0 unspecified atom stereocenters. The number of ether oxygens (including phenoxy) is 2. The maximum Gasteiger partial charge on any atom is 0.250 e. The maximum absolute atomic E-state index is 14.2. The van der Waals surface area contributed by atoms with Crippen LogP contribution in [0.5, 0.6) is 11.5 Å². The average Bonchev–Trinajstić information content (AvgIpc) is 3.49. The molecule has 6 rings (SSSR count). The second kappa shape index (κ2) is 7.15. The van der Waals surface area contributed by atoms with E-state index in [-0.39, 0.29) is 30.2 Å². The van der Waals surface area contributed by atoms with Crippen molar-refractivity contribution in [1.82, 2.24) is 4.90 Å². The number of amides is 1. The van der Waals surface area contributed by atoms with Gasteiger partial charge >= 0.3 is 0 Å². The van der Waals surface area contributed by atoms with E-state index in [1.165, 1.54) is 12.1 Å². The number of likely N-dealkylation sites (tertiary alicyclic amines) is 1. The zero-order valence-electron chi connectivity index (χ0n) is 17.9. The number of halogens is 1. The first-order valence-electron chi connectivity index (χ1n) is 10.8. The van der Waals surface area contributed by atoms with E-state index in [1.807, 2.05) is 36.2 Å². The molecule has 3 aliphatic heterocycles. The lowest BCUT2D eigenvalue weighted by atomic mass is 9.70. The second-order valence-electron chi connectivity index (χ2n) is 8.71. The first kappa shape index (κ1) is 19.9. The maximum atomic E-state index is 14.2. The van der Waals surface area contributed by atoms with Gasteiger partial charge in [0, 0.05) is 29.3 Å². The molecule has 3 aromatic rings. The van der Waals surface area contributed by atoms with Crippen LogP contribution in [-0.4, -0.2) is 37.0 Å². The van der Waals surface area contributed by atoms with Crippen molar-refractivity contribution < 1.29 is 23.5 Å². The molecule has 0 aliphatic carbocycles. The van der Waals surface area contributed by atoms with Gasteiger partial charge in [0.15, 0.2) is 17.3 Å². The molecule has 1 fully saturated rings. The Morgan fingerprint density at radius 2 is 1.82 bits per heavy atom. The normalized spacial score (nSPS) is 25.3. The number of Topliss-reactive ketones (excluding diaryl/α,β-unsaturated/α-hetero) is 1. The first-order chi connectivity index (χ1) is 16.0. The number of carbonyl (C=O) groups is 2. The lowest BCUT2D eigenvalue weighted by Gasteiger charge is -2.35. The minimum absolute atomic E-state index is 0.108. The van der Waals surface area contributed by atoms with Crippen LogP contribution in [0.1, 0.15) is 27.4 Å². The molecule has 3 aromatic carbocycles. The molecule has 1 amide bonds. The summed E-state index contributed by atoms with van der Waals surface area (Å²) in [4.78, 5) is 29.8. The minimum atomic E-state index is -1.18. The number of nitrogens with one attached hydrogen (secondary N) is 1. The molecule has 0 radical (unpaired) electrons. The summed E-state index contributed by atoms with van der Waals surface area (Å²) in [5.41, 5.74) is 1.57. The molecule has 3 heterocycles. The van der Waals surface area contributed by atoms with Crippen LogP contribution in [0.15, 0.2) is 66.7 Å². The van der Waals surface area contributed by atoms with Crippen molar-refractivity contribution >= 4 is 17.4 Å². The predicted octanol–water partition coefficient (Wildman–Crippen LogP) is 3.93. The van der Waals surface area contributed by atoms with E-state index in [0.717, 1.165) is 11.1 Å². The van der Waals surface area contributed by atoms with Crippen molar-refractivity contribution in [2.45, 2.75) is 11.5 Å². The highest BCUT2D eigenvalue weighted by Crippen LogP contribution is 2.55. The van der Waals surface area contributed by atoms with Gasteiger partial charge in [-0.1, -0.05) is 30.3 Å². The summed E-state index contributed by atoms with van der Waals surface area (Å²) >= 11 is 0. The quantitative estimate of drug-likeness (QED) is 0.620. The summed E-state index contributed by atoms with van der Waals surface area (Å²) in [5.74, 6) is -0.682. The summed E-state index contributed by atoms with van der Waals surface area (Å²) in [6.07, 6.45) is 0. The molecule has 33 heavy (non-hydrogen) atoms. The fourth-order valence-corrected chi connectivity index (χ4v) is 5.63. The smallest absolute Gasteiger partial charge is 0.250 e. The van der Waals surface area contributed by atoms with E-state index in [0.29, 0.717) is 29.3 Å². The fraction of sp³-hybridized carbons (Fsp3) is 0.231. The Kier molecular flexibility index (Phi) is 4.32. The highest BCUT2D eigenvalue weighted by atomic mass is 19.1. The molecule has 1 spiro atoms. The Bertz CT molecular complexity index is 1290. The number of hydrogen-bond acceptors (Lipinski definition) is 5. The van der Waals surface area contributed by atoms with Gasteiger partial charge in [0.1, 0.15) is 11.4 Å². The highest BCUT2D eigenvalue weighted by molar-refractivity contribution is 6.12. The van der Waals surface area contributed by atoms with Gasteiger partial charge in [0.2, 0.25) is 12.7 Å². The summed E-state index contributed by atoms with van der Waals surface area (Å²) < 4.78 is 24.6. The van der Waals surface area contributed by atoms with Crippen molar-refractivity contribution in [1.29, 1.82) is 0 Å². The zero-order valence-corrected chi connectivity index (χ0v) is 17.9. The van der Waals surface area contributed by atoms with Crippen LogP contribution in [0, 0.1) is 11.7 Å². The summed E-state index contributed by atoms with van der Waals surface area (Å²) in [6.45, 7) is 0.575. The topological polar surface area (TPSA) is 67.9 Å². The standard InChI is InChI=1S/C26H21FN2O4/c1-29-13-18(15-6-9-17(27)10-7-15)23(24(30)16-8-11-21-22(12-16)33-14-32-21)26(29)19-4-2-3-5-20(19)28-25(26)31/h2-12,18,23H,13-14H2,1H3,(H,28,31)/t18-,23+,26-/m1/s1. The molecule has 0 aromatic heterocycles. The van der Waals surface area contributed by atoms with E-state index >= 15 is 0 Å². The molecule has 1 N–H and O–H groups in total. The van der Waals surface area contributed by atoms with Gasteiger partial charge < -0.3 is 14.8 Å². The number of rotatable bonds is 3. The van der Waals surface area contributed by atoms with Crippen LogP contribution in [0.4, 0.5) is 10.1 Å². The van der Waals surface area contributed by atoms with Crippen LogP contribution < -0.4 is 14.8 Å². The third-order valence-electron chi connectivity index (χ3n) is 7.09. The summed E-state index contributed by atoms with van der Waals surface area (Å²) in [5, 5.41) is 2.98. The van der Waals surface area contributed by atoms with Crippen LogP contribution in [-0.2, 0) is 10.3 Å². The third kappa shape index (κ3) is 2.75. The van der Waals surface area contributed by atoms with Gasteiger partial charge in [-0.2, -0.15) is 0 Å². The number of ketones is 1. The number of nitrogens with zero attached hydrogens (tertiary/aromatic N) is 1. The molecule has 166 valence electrons. The minimum Gasteiger partial charge on any atom is -0.454 e. The average molecular weight is 444 g/mol. The summed E-state index contributed by atoms with van der Waals surface area (Å²) in [6, 6.07) is 18.8. The Hall–Kier alpha value is -3.71. The second-order valence-corrected chi connectivity index (χ2v) is 8.71. The molecule has 1 saturated heterocycles. The van der Waals surface area contributed by atoms with Gasteiger partial charge in [-0.05, 0) is 49.0 Å². The van der Waals surface area contributed by atoms with Crippen LogP contribution in [0.2, 0.25) is 0 Å². The Labute approximate surface area is 189 Å². The molecular formula is C26H21FN2O4. The number of likely N-dealkylation sites (N-methyl/N-ethyl adjacent to an activating group) is 1. The summed E-state index contributed by atoms with van der Waals surface area (Å²) in [7, 11) is 1.87. The molecule has 6 nitrogen and oxygen atoms in total. The van der Waals surface area contributed by atoms with E-state index in [2.05, 4.69) is 5.32 Å². The lowest BCUT2D eigenvalue weighted by Crippen LogP contribution is -2.51. The number of anilines is 1. The molecule has 3 atom stereocenters. The van der Waals surface area contributed by atoms with Gasteiger partial charge in [-0.25, -0.2) is 4.39 Å². The van der Waals surface area contributed by atoms with E-state index in [4.69, 9.17) is 9.47 Å². The van der Waals surface area contributed by atoms with E-state index < -0.39 is 11.5 Å². The van der Waals surface area contributed by atoms with E-state index in [9.17, 15) is 14.0 Å². The van der Waals surface area contributed by atoms with Crippen molar-refractivity contribution in [3.8, 4) is 11.5 Å². The molecule has 0 saturated carbocycles. The molecule has 3 aliphatic rings. The van der Waals surface area contributed by atoms with Crippen molar-refractivity contribution in [3.05, 3.63) is 89.2 Å². The lowest BCUT2D eigenvalue weighted by molar-refractivity contribution is -0.126. The monoisotopic (exact) mass is 444 g/mol. The van der Waals surface area contributed by atoms with Crippen molar-refractivity contribution in [2.75, 3.05) is 25.7 Å². The number of carbonyl (C=O) groups excluding carboxylic acids is 2. The fourth-order valence-electron chi connectivity index (χ4n) is 5.63. The van der Waals surface area contributed by atoms with Crippen molar-refractivity contribution in [3.63, 3.8) is 0 Å². The Balaban J connectivity index is 1.54. The van der Waals surface area contributed by atoms with Crippen LogP contribution >= 0.6 is 0 Å². The highest BCUT2D eigenvalue weighted by Gasteiger charge is 2.64. The predicted molar refractivity (Wildman–Crippen MR) is 119 cm³/mol. The van der Waals surface area contributed by atoms with E-state index in [1.54, 1.807) is 30.3 Å². The van der Waals surface area contributed by atoms with Gasteiger partial charge in [-0.3, -0.25) is 14.5 Å². The van der Waals surface area contributed by atoms with Crippen LogP contribution in [0.3, 0.4) is 0 Å². The number of para-hydroxylation sites is 1. The van der Waals surface area contributed by atoms with Gasteiger partial charge in [-0.15, -0.1) is 0 Å².